The number of oxime groups is 1. The van der Waals surface area contributed by atoms with Gasteiger partial charge in [-0.1, -0.05) is 11.2 Å². The Hall–Kier alpha value is -3.58. The van der Waals surface area contributed by atoms with Gasteiger partial charge < -0.3 is 10.2 Å². The van der Waals surface area contributed by atoms with Crippen molar-refractivity contribution >= 4 is 17.1 Å². The van der Waals surface area contributed by atoms with Crippen LogP contribution in [-0.4, -0.2) is 23.5 Å². The van der Waals surface area contributed by atoms with Crippen molar-refractivity contribution in [1.82, 2.24) is 15.5 Å². The average molecular weight is 332 g/mol. The largest absolute Gasteiger partial charge is 0.399 e. The summed E-state index contributed by atoms with van der Waals surface area (Å²) in [5.41, 5.74) is 4.93. The molecule has 2 heterocycles. The van der Waals surface area contributed by atoms with Crippen molar-refractivity contribution in [3.8, 4) is 12.1 Å². The molecular formula is C18H16N6O. The molecule has 7 nitrogen and oxygen atoms in total. The number of dihydropyridines is 1. The van der Waals surface area contributed by atoms with Crippen molar-refractivity contribution in [3.05, 3.63) is 52.0 Å². The van der Waals surface area contributed by atoms with Gasteiger partial charge in [0.2, 0.25) is 0 Å². The molecule has 0 unspecified atom stereocenters. The molecule has 0 radical (unpaired) electrons. The third-order valence-corrected chi connectivity index (χ3v) is 4.23. The predicted octanol–water partition coefficient (Wildman–Crippen LogP) is 2.83. The molecule has 7 heteroatoms. The summed E-state index contributed by atoms with van der Waals surface area (Å²) in [6.45, 7) is 3.69. The number of hydrogen-bond acceptors (Lipinski definition) is 6. The van der Waals surface area contributed by atoms with E-state index in [1.54, 1.807) is 6.21 Å². The van der Waals surface area contributed by atoms with Crippen molar-refractivity contribution in [1.29, 1.82) is 10.5 Å². The SMILES string of the molecule is CON=Cc1[nH]nc2ccc(C3C(C#N)=C(C)NC(C)=C3C#N)cc12. The minimum absolute atomic E-state index is 0.400. The van der Waals surface area contributed by atoms with Crippen LogP contribution in [0.3, 0.4) is 0 Å². The van der Waals surface area contributed by atoms with Crippen LogP contribution >= 0.6 is 0 Å². The molecule has 0 fully saturated rings. The van der Waals surface area contributed by atoms with E-state index in [9.17, 15) is 10.5 Å². The van der Waals surface area contributed by atoms with E-state index in [4.69, 9.17) is 4.84 Å². The molecule has 1 aromatic carbocycles. The van der Waals surface area contributed by atoms with Crippen LogP contribution < -0.4 is 5.32 Å². The number of nitriles is 2. The van der Waals surface area contributed by atoms with Crippen LogP contribution in [-0.2, 0) is 4.84 Å². The van der Waals surface area contributed by atoms with Gasteiger partial charge in [0.25, 0.3) is 0 Å². The zero-order valence-corrected chi connectivity index (χ0v) is 14.1. The third-order valence-electron chi connectivity index (χ3n) is 4.23. The van der Waals surface area contributed by atoms with E-state index in [0.717, 1.165) is 27.9 Å². The first-order valence-electron chi connectivity index (χ1n) is 7.64. The molecule has 0 aliphatic carbocycles. The minimum atomic E-state index is -0.400. The number of benzene rings is 1. The Labute approximate surface area is 144 Å². The van der Waals surface area contributed by atoms with Gasteiger partial charge in [0.15, 0.2) is 0 Å². The quantitative estimate of drug-likeness (QED) is 0.663. The van der Waals surface area contributed by atoms with E-state index in [1.807, 2.05) is 32.0 Å². The standard InChI is InChI=1S/C18H16N6O/c1-10-14(7-19)18(15(8-20)11(2)22-10)12-4-5-16-13(6-12)17(24-23-16)9-21-25-3/h4-6,9,18,22H,1-3H3,(H,23,24). The molecule has 0 bridgehead atoms. The van der Waals surface area contributed by atoms with Crippen LogP contribution in [0.25, 0.3) is 10.9 Å². The molecule has 0 saturated heterocycles. The Kier molecular flexibility index (Phi) is 4.23. The lowest BCUT2D eigenvalue weighted by molar-refractivity contribution is 0.215. The van der Waals surface area contributed by atoms with Crippen molar-refractivity contribution in [2.75, 3.05) is 7.11 Å². The summed E-state index contributed by atoms with van der Waals surface area (Å²) in [5, 5.41) is 34.1. The second-order valence-electron chi connectivity index (χ2n) is 5.69. The van der Waals surface area contributed by atoms with Gasteiger partial charge in [-0.05, 0) is 31.5 Å². The second kappa shape index (κ2) is 6.50. The van der Waals surface area contributed by atoms with Gasteiger partial charge >= 0.3 is 0 Å². The molecule has 2 N–H and O–H groups in total. The summed E-state index contributed by atoms with van der Waals surface area (Å²) < 4.78 is 0. The number of nitrogens with zero attached hydrogens (tertiary/aromatic N) is 4. The van der Waals surface area contributed by atoms with E-state index in [1.165, 1.54) is 7.11 Å². The Morgan fingerprint density at radius 2 is 1.88 bits per heavy atom. The topological polar surface area (TPSA) is 110 Å². The van der Waals surface area contributed by atoms with Crippen LogP contribution in [0.1, 0.15) is 31.0 Å². The predicted molar refractivity (Wildman–Crippen MR) is 93.2 cm³/mol. The third kappa shape index (κ3) is 2.73. The van der Waals surface area contributed by atoms with Crippen molar-refractivity contribution in [3.63, 3.8) is 0 Å². The van der Waals surface area contributed by atoms with E-state index in [0.29, 0.717) is 16.8 Å². The molecule has 1 aliphatic rings. The van der Waals surface area contributed by atoms with Gasteiger partial charge in [-0.15, -0.1) is 0 Å². The molecular weight excluding hydrogens is 316 g/mol. The smallest absolute Gasteiger partial charge is 0.106 e. The lowest BCUT2D eigenvalue weighted by Crippen LogP contribution is -2.23. The summed E-state index contributed by atoms with van der Waals surface area (Å²) in [6.07, 6.45) is 1.54. The number of allylic oxidation sites excluding steroid dienone is 4. The highest BCUT2D eigenvalue weighted by Crippen LogP contribution is 2.38. The van der Waals surface area contributed by atoms with E-state index >= 15 is 0 Å². The van der Waals surface area contributed by atoms with E-state index < -0.39 is 5.92 Å². The summed E-state index contributed by atoms with van der Waals surface area (Å²) in [7, 11) is 1.47. The molecule has 124 valence electrons. The highest BCUT2D eigenvalue weighted by molar-refractivity contribution is 5.97. The number of rotatable bonds is 3. The molecule has 25 heavy (non-hydrogen) atoms. The number of H-pyrrole nitrogens is 1. The highest BCUT2D eigenvalue weighted by Gasteiger charge is 2.29. The van der Waals surface area contributed by atoms with Gasteiger partial charge in [0.1, 0.15) is 7.11 Å². The van der Waals surface area contributed by atoms with E-state index in [-0.39, 0.29) is 0 Å². The maximum Gasteiger partial charge on any atom is 0.106 e. The fraction of sp³-hybridized carbons (Fsp3) is 0.222. The number of hydrogen-bond donors (Lipinski definition) is 2. The molecule has 0 amide bonds. The average Bonchev–Trinajstić information content (AvgIpc) is 3.01. The Balaban J connectivity index is 2.19. The van der Waals surface area contributed by atoms with Crippen LogP contribution in [0.4, 0.5) is 0 Å². The van der Waals surface area contributed by atoms with Gasteiger partial charge in [-0.2, -0.15) is 15.6 Å². The van der Waals surface area contributed by atoms with Crippen LogP contribution in [0.2, 0.25) is 0 Å². The Morgan fingerprint density at radius 1 is 1.20 bits per heavy atom. The fourth-order valence-electron chi connectivity index (χ4n) is 3.05. The molecule has 2 aromatic rings. The highest BCUT2D eigenvalue weighted by atomic mass is 16.6. The first-order valence-corrected chi connectivity index (χ1v) is 7.64. The first kappa shape index (κ1) is 16.3. The minimum Gasteiger partial charge on any atom is -0.399 e. The van der Waals surface area contributed by atoms with Crippen molar-refractivity contribution in [2.45, 2.75) is 19.8 Å². The van der Waals surface area contributed by atoms with Crippen molar-refractivity contribution in [2.24, 2.45) is 5.16 Å². The zero-order chi connectivity index (χ0) is 18.0. The second-order valence-corrected chi connectivity index (χ2v) is 5.69. The van der Waals surface area contributed by atoms with Gasteiger partial charge in [0.05, 0.1) is 46.6 Å². The number of aromatic amines is 1. The lowest BCUT2D eigenvalue weighted by Gasteiger charge is -2.26. The maximum absolute atomic E-state index is 9.60. The van der Waals surface area contributed by atoms with Gasteiger partial charge in [-0.3, -0.25) is 5.10 Å². The maximum atomic E-state index is 9.60. The van der Waals surface area contributed by atoms with Crippen LogP contribution in [0, 0.1) is 22.7 Å². The molecule has 3 rings (SSSR count). The monoisotopic (exact) mass is 332 g/mol. The molecule has 1 aromatic heterocycles. The summed E-state index contributed by atoms with van der Waals surface area (Å²) in [4.78, 5) is 4.72. The summed E-state index contributed by atoms with van der Waals surface area (Å²) >= 11 is 0. The zero-order valence-electron chi connectivity index (χ0n) is 14.1. The van der Waals surface area contributed by atoms with Gasteiger partial charge in [0, 0.05) is 16.8 Å². The Bertz CT molecular complexity index is 976. The Morgan fingerprint density at radius 3 is 2.48 bits per heavy atom. The number of aromatic nitrogens is 2. The van der Waals surface area contributed by atoms with Gasteiger partial charge in [-0.25, -0.2) is 0 Å². The van der Waals surface area contributed by atoms with Crippen LogP contribution in [0.5, 0.6) is 0 Å². The number of fused-ring (bicyclic) bond motifs is 1. The molecule has 0 spiro atoms. The van der Waals surface area contributed by atoms with Crippen LogP contribution in [0.15, 0.2) is 45.9 Å². The summed E-state index contributed by atoms with van der Waals surface area (Å²) in [5.74, 6) is -0.400. The molecule has 0 saturated carbocycles. The first-order chi connectivity index (χ1) is 12.1. The van der Waals surface area contributed by atoms with Crippen molar-refractivity contribution < 1.29 is 4.84 Å². The summed E-state index contributed by atoms with van der Waals surface area (Å²) in [6, 6.07) is 10.2. The lowest BCUT2D eigenvalue weighted by atomic mass is 9.81. The fourth-order valence-corrected chi connectivity index (χ4v) is 3.05. The normalized spacial score (nSPS) is 15.4. The number of nitrogens with one attached hydrogen (secondary N) is 2. The molecule has 0 atom stereocenters. The molecule has 1 aliphatic heterocycles. The van der Waals surface area contributed by atoms with E-state index in [2.05, 4.69) is 32.8 Å².